The van der Waals surface area contributed by atoms with Gasteiger partial charge in [0.15, 0.2) is 0 Å². The number of carbonyl (C=O) groups is 3. The summed E-state index contributed by atoms with van der Waals surface area (Å²) in [5, 5.41) is 8.72. The molecule has 1 heterocycles. The topological polar surface area (TPSA) is 77.9 Å². The van der Waals surface area contributed by atoms with E-state index in [0.717, 1.165) is 24.2 Å². The molecule has 0 atom stereocenters. The van der Waals surface area contributed by atoms with E-state index in [9.17, 15) is 14.4 Å². The van der Waals surface area contributed by atoms with Crippen molar-refractivity contribution < 1.29 is 19.5 Å². The molecule has 1 aliphatic heterocycles. The molecule has 1 rings (SSSR count). The first kappa shape index (κ1) is 15.0. The molecule has 1 fully saturated rings. The number of amides is 2. The van der Waals surface area contributed by atoms with Gasteiger partial charge in [0.1, 0.15) is 6.54 Å². The summed E-state index contributed by atoms with van der Waals surface area (Å²) in [4.78, 5) is 36.9. The Morgan fingerprint density at radius 3 is 2.74 bits per heavy atom. The Balaban J connectivity index is 2.61. The number of carboxylic acids is 1. The van der Waals surface area contributed by atoms with Gasteiger partial charge in [0.25, 0.3) is 0 Å². The van der Waals surface area contributed by atoms with Crippen molar-refractivity contribution in [2.75, 3.05) is 26.2 Å². The summed E-state index contributed by atoms with van der Waals surface area (Å²) in [6.45, 7) is -0.0481. The third-order valence-corrected chi connectivity index (χ3v) is 2.96. The van der Waals surface area contributed by atoms with E-state index in [1.54, 1.807) is 0 Å². The molecule has 1 saturated heterocycles. The zero-order valence-electron chi connectivity index (χ0n) is 10.8. The smallest absolute Gasteiger partial charge is 0.323 e. The van der Waals surface area contributed by atoms with E-state index in [2.05, 4.69) is 5.92 Å². The Labute approximate surface area is 112 Å². The number of nitrogens with zero attached hydrogens (tertiary/aromatic N) is 2. The molecule has 0 aromatic rings. The third kappa shape index (κ3) is 5.00. The summed E-state index contributed by atoms with van der Waals surface area (Å²) in [5.74, 6) is 0.659. The van der Waals surface area contributed by atoms with Gasteiger partial charge in [-0.1, -0.05) is 12.3 Å². The van der Waals surface area contributed by atoms with Gasteiger partial charge in [-0.05, 0) is 12.8 Å². The van der Waals surface area contributed by atoms with Crippen LogP contribution in [0.15, 0.2) is 0 Å². The van der Waals surface area contributed by atoms with E-state index < -0.39 is 18.4 Å². The second kappa shape index (κ2) is 7.41. The molecule has 0 saturated carbocycles. The first-order valence-electron chi connectivity index (χ1n) is 6.25. The molecule has 6 heteroatoms. The van der Waals surface area contributed by atoms with E-state index in [0.29, 0.717) is 13.0 Å². The fourth-order valence-corrected chi connectivity index (χ4v) is 1.97. The first-order chi connectivity index (χ1) is 9.04. The van der Waals surface area contributed by atoms with Crippen LogP contribution in [0.25, 0.3) is 0 Å². The molecule has 0 unspecified atom stereocenters. The van der Waals surface area contributed by atoms with Crippen LogP contribution in [0.1, 0.15) is 25.7 Å². The maximum Gasteiger partial charge on any atom is 0.323 e. The Morgan fingerprint density at radius 2 is 2.11 bits per heavy atom. The van der Waals surface area contributed by atoms with Crippen LogP contribution in [0.2, 0.25) is 0 Å². The minimum atomic E-state index is -1.12. The maximum absolute atomic E-state index is 12.0. The van der Waals surface area contributed by atoms with Gasteiger partial charge < -0.3 is 14.9 Å². The second-order valence-electron chi connectivity index (χ2n) is 4.47. The first-order valence-corrected chi connectivity index (χ1v) is 6.25. The van der Waals surface area contributed by atoms with Crippen molar-refractivity contribution in [2.45, 2.75) is 25.7 Å². The highest BCUT2D eigenvalue weighted by atomic mass is 16.4. The van der Waals surface area contributed by atoms with Crippen LogP contribution in [0.5, 0.6) is 0 Å². The molecule has 0 radical (unpaired) electrons. The minimum Gasteiger partial charge on any atom is -0.480 e. The number of carbonyl (C=O) groups excluding carboxylic acids is 2. The monoisotopic (exact) mass is 266 g/mol. The molecule has 0 spiro atoms. The number of likely N-dealkylation sites (tertiary alicyclic amines) is 1. The van der Waals surface area contributed by atoms with Crippen molar-refractivity contribution in [1.82, 2.24) is 9.80 Å². The fourth-order valence-electron chi connectivity index (χ4n) is 1.97. The van der Waals surface area contributed by atoms with Crippen molar-refractivity contribution in [3.63, 3.8) is 0 Å². The van der Waals surface area contributed by atoms with Crippen molar-refractivity contribution in [2.24, 2.45) is 0 Å². The van der Waals surface area contributed by atoms with Gasteiger partial charge >= 0.3 is 5.97 Å². The van der Waals surface area contributed by atoms with Gasteiger partial charge in [-0.15, -0.1) is 6.42 Å². The number of hydrogen-bond donors (Lipinski definition) is 1. The lowest BCUT2D eigenvalue weighted by Gasteiger charge is -2.24. The normalized spacial score (nSPS) is 15.5. The molecule has 2 amide bonds. The molecule has 0 bridgehead atoms. The Morgan fingerprint density at radius 1 is 1.37 bits per heavy atom. The highest BCUT2D eigenvalue weighted by molar-refractivity contribution is 5.87. The van der Waals surface area contributed by atoms with Gasteiger partial charge in [0.05, 0.1) is 13.1 Å². The molecule has 1 N–H and O–H groups in total. The average molecular weight is 266 g/mol. The molecule has 104 valence electrons. The molecule has 6 nitrogen and oxygen atoms in total. The number of carboxylic acid groups (broad SMARTS) is 1. The predicted octanol–water partition coefficient (Wildman–Crippen LogP) is -0.0646. The third-order valence-electron chi connectivity index (χ3n) is 2.96. The maximum atomic E-state index is 12.0. The quantitative estimate of drug-likeness (QED) is 0.707. The van der Waals surface area contributed by atoms with Crippen molar-refractivity contribution in [1.29, 1.82) is 0 Å². The van der Waals surface area contributed by atoms with Crippen molar-refractivity contribution in [3.05, 3.63) is 0 Å². The van der Waals surface area contributed by atoms with Crippen molar-refractivity contribution in [3.8, 4) is 12.3 Å². The summed E-state index contributed by atoms with van der Waals surface area (Å²) < 4.78 is 0. The van der Waals surface area contributed by atoms with Crippen LogP contribution in [-0.4, -0.2) is 58.9 Å². The van der Waals surface area contributed by atoms with Gasteiger partial charge in [-0.2, -0.15) is 0 Å². The van der Waals surface area contributed by atoms with E-state index in [1.807, 2.05) is 0 Å². The van der Waals surface area contributed by atoms with Gasteiger partial charge in [-0.25, -0.2) is 0 Å². The van der Waals surface area contributed by atoms with E-state index in [4.69, 9.17) is 11.5 Å². The molecule has 0 aromatic heterocycles. The zero-order valence-corrected chi connectivity index (χ0v) is 10.8. The van der Waals surface area contributed by atoms with E-state index >= 15 is 0 Å². The predicted molar refractivity (Wildman–Crippen MR) is 68.1 cm³/mol. The van der Waals surface area contributed by atoms with Gasteiger partial charge in [0, 0.05) is 13.0 Å². The Hall–Kier alpha value is -2.03. The Kier molecular flexibility index (Phi) is 5.86. The average Bonchev–Trinajstić information content (AvgIpc) is 2.54. The summed E-state index contributed by atoms with van der Waals surface area (Å²) in [6.07, 6.45) is 8.24. The van der Waals surface area contributed by atoms with E-state index in [1.165, 1.54) is 4.90 Å². The zero-order chi connectivity index (χ0) is 14.3. The van der Waals surface area contributed by atoms with Crippen LogP contribution in [0, 0.1) is 12.3 Å². The lowest BCUT2D eigenvalue weighted by atomic mass is 10.2. The largest absolute Gasteiger partial charge is 0.480 e. The van der Waals surface area contributed by atoms with Crippen LogP contribution in [-0.2, 0) is 14.4 Å². The molecule has 0 aromatic carbocycles. The highest BCUT2D eigenvalue weighted by Crippen LogP contribution is 2.11. The molecular formula is C13H18N2O4. The summed E-state index contributed by atoms with van der Waals surface area (Å²) >= 11 is 0. The van der Waals surface area contributed by atoms with E-state index in [-0.39, 0.29) is 19.0 Å². The van der Waals surface area contributed by atoms with Crippen LogP contribution in [0.3, 0.4) is 0 Å². The number of rotatable bonds is 5. The highest BCUT2D eigenvalue weighted by Gasteiger charge is 2.23. The van der Waals surface area contributed by atoms with Crippen molar-refractivity contribution >= 4 is 17.8 Å². The summed E-state index contributed by atoms with van der Waals surface area (Å²) in [6, 6.07) is 0. The standard InChI is InChI=1S/C13H18N2O4/c1-2-7-14(10-13(18)19)12(17)9-15-8-5-3-4-6-11(15)16/h1H,3-10H2,(H,18,19). The summed E-state index contributed by atoms with van der Waals surface area (Å²) in [5.41, 5.74) is 0. The molecule has 19 heavy (non-hydrogen) atoms. The van der Waals surface area contributed by atoms with Gasteiger partial charge in [-0.3, -0.25) is 14.4 Å². The minimum absolute atomic E-state index is 0.0539. The van der Waals surface area contributed by atoms with Crippen LogP contribution >= 0.6 is 0 Å². The number of aliphatic carboxylic acids is 1. The van der Waals surface area contributed by atoms with Gasteiger partial charge in [0.2, 0.25) is 11.8 Å². The lowest BCUT2D eigenvalue weighted by molar-refractivity contribution is -0.146. The van der Waals surface area contributed by atoms with Crippen LogP contribution < -0.4 is 0 Å². The lowest BCUT2D eigenvalue weighted by Crippen LogP contribution is -2.44. The second-order valence-corrected chi connectivity index (χ2v) is 4.47. The summed E-state index contributed by atoms with van der Waals surface area (Å²) in [7, 11) is 0. The SMILES string of the molecule is C#CCN(CC(=O)O)C(=O)CN1CCCCCC1=O. The molecular weight excluding hydrogens is 248 g/mol. The van der Waals surface area contributed by atoms with Crippen LogP contribution in [0.4, 0.5) is 0 Å². The number of hydrogen-bond acceptors (Lipinski definition) is 3. The fraction of sp³-hybridized carbons (Fsp3) is 0.615. The molecule has 1 aliphatic rings. The number of terminal acetylenes is 1. The Bertz CT molecular complexity index is 400. The molecule has 0 aliphatic carbocycles.